The van der Waals surface area contributed by atoms with Crippen LogP contribution in [0, 0.1) is 0 Å². The van der Waals surface area contributed by atoms with Crippen LogP contribution in [0.25, 0.3) is 10.2 Å². The van der Waals surface area contributed by atoms with Gasteiger partial charge in [-0.3, -0.25) is 4.79 Å². The zero-order chi connectivity index (χ0) is 17.8. The largest absolute Gasteiger partial charge is 0.483 e. The average Bonchev–Trinajstić information content (AvgIpc) is 3.01. The van der Waals surface area contributed by atoms with Crippen molar-refractivity contribution in [3.63, 3.8) is 0 Å². The van der Waals surface area contributed by atoms with Gasteiger partial charge in [0.25, 0.3) is 5.91 Å². The van der Waals surface area contributed by atoms with Crippen LogP contribution in [0.3, 0.4) is 0 Å². The number of carbonyl (C=O) groups excluding carboxylic acids is 1. The summed E-state index contributed by atoms with van der Waals surface area (Å²) in [5, 5.41) is 0.930. The molecule has 3 aromatic rings. The fourth-order valence-electron chi connectivity index (χ4n) is 2.62. The second-order valence-electron chi connectivity index (χ2n) is 6.31. The molecule has 0 spiro atoms. The number of thiazole rings is 1. The van der Waals surface area contributed by atoms with Crippen LogP contribution in [0.5, 0.6) is 5.75 Å². The zero-order valence-electron chi connectivity index (χ0n) is 14.7. The second kappa shape index (κ2) is 7.66. The summed E-state index contributed by atoms with van der Waals surface area (Å²) in [7, 11) is 1.78. The number of fused-ring (bicyclic) bond motifs is 1. The summed E-state index contributed by atoms with van der Waals surface area (Å²) >= 11 is 1.62. The van der Waals surface area contributed by atoms with Crippen LogP contribution in [-0.4, -0.2) is 29.4 Å². The molecular formula is C20H22N2O2S. The third-order valence-corrected chi connectivity index (χ3v) is 5.05. The minimum absolute atomic E-state index is 0.0329. The molecule has 5 heteroatoms. The molecule has 0 unspecified atom stereocenters. The Labute approximate surface area is 152 Å². The lowest BCUT2D eigenvalue weighted by Gasteiger charge is -2.18. The maximum Gasteiger partial charge on any atom is 0.260 e. The summed E-state index contributed by atoms with van der Waals surface area (Å²) < 4.78 is 6.91. The Hall–Kier alpha value is -2.40. The number of hydrogen-bond donors (Lipinski definition) is 0. The van der Waals surface area contributed by atoms with Gasteiger partial charge in [-0.25, -0.2) is 4.98 Å². The predicted molar refractivity (Wildman–Crippen MR) is 102 cm³/mol. The lowest BCUT2D eigenvalue weighted by molar-refractivity contribution is -0.132. The molecule has 0 fully saturated rings. The first kappa shape index (κ1) is 17.4. The number of benzene rings is 2. The van der Waals surface area contributed by atoms with Gasteiger partial charge < -0.3 is 9.64 Å². The van der Waals surface area contributed by atoms with Crippen molar-refractivity contribution in [2.24, 2.45) is 0 Å². The fourth-order valence-corrected chi connectivity index (χ4v) is 3.64. The summed E-state index contributed by atoms with van der Waals surface area (Å²) in [6.45, 7) is 4.75. The molecule has 0 aliphatic heterocycles. The van der Waals surface area contributed by atoms with E-state index < -0.39 is 0 Å². The van der Waals surface area contributed by atoms with Gasteiger partial charge in [0, 0.05) is 7.05 Å². The Morgan fingerprint density at radius 3 is 2.64 bits per heavy atom. The number of likely N-dealkylation sites (N-methyl/N-ethyl adjacent to an activating group) is 1. The maximum atomic E-state index is 12.4. The minimum atomic E-state index is -0.0576. The van der Waals surface area contributed by atoms with Crippen molar-refractivity contribution in [2.75, 3.05) is 13.7 Å². The summed E-state index contributed by atoms with van der Waals surface area (Å²) in [4.78, 5) is 18.6. The van der Waals surface area contributed by atoms with Crippen LogP contribution >= 0.6 is 11.3 Å². The Kier molecular flexibility index (Phi) is 5.34. The van der Waals surface area contributed by atoms with E-state index in [0.717, 1.165) is 26.5 Å². The van der Waals surface area contributed by atoms with Crippen LogP contribution in [0.4, 0.5) is 0 Å². The smallest absolute Gasteiger partial charge is 0.260 e. The number of carbonyl (C=O) groups is 1. The van der Waals surface area contributed by atoms with Gasteiger partial charge in [-0.05, 0) is 29.7 Å². The lowest BCUT2D eigenvalue weighted by Crippen LogP contribution is -2.31. The monoisotopic (exact) mass is 354 g/mol. The number of ether oxygens (including phenoxy) is 1. The number of nitrogens with zero attached hydrogens (tertiary/aromatic N) is 2. The molecule has 0 saturated carbocycles. The Morgan fingerprint density at radius 2 is 1.88 bits per heavy atom. The van der Waals surface area contributed by atoms with E-state index in [4.69, 9.17) is 4.74 Å². The summed E-state index contributed by atoms with van der Waals surface area (Å²) in [6, 6.07) is 15.9. The predicted octanol–water partition coefficient (Wildman–Crippen LogP) is 4.46. The highest BCUT2D eigenvalue weighted by Crippen LogP contribution is 2.26. The third kappa shape index (κ3) is 4.17. The van der Waals surface area contributed by atoms with Crippen LogP contribution < -0.4 is 4.74 Å². The van der Waals surface area contributed by atoms with Crippen molar-refractivity contribution in [1.29, 1.82) is 0 Å². The number of aromatic nitrogens is 1. The molecule has 4 nitrogen and oxygen atoms in total. The molecule has 1 aromatic heterocycles. The quantitative estimate of drug-likeness (QED) is 0.656. The number of rotatable bonds is 6. The van der Waals surface area contributed by atoms with Gasteiger partial charge in [-0.2, -0.15) is 0 Å². The maximum absolute atomic E-state index is 12.4. The second-order valence-corrected chi connectivity index (χ2v) is 7.42. The van der Waals surface area contributed by atoms with Crippen molar-refractivity contribution in [1.82, 2.24) is 9.88 Å². The van der Waals surface area contributed by atoms with Crippen molar-refractivity contribution in [3.8, 4) is 5.75 Å². The van der Waals surface area contributed by atoms with Gasteiger partial charge >= 0.3 is 0 Å². The molecule has 0 aliphatic carbocycles. The molecule has 25 heavy (non-hydrogen) atoms. The molecular weight excluding hydrogens is 332 g/mol. The van der Waals surface area contributed by atoms with E-state index in [0.29, 0.717) is 12.5 Å². The van der Waals surface area contributed by atoms with Crippen LogP contribution in [0.1, 0.15) is 30.3 Å². The van der Waals surface area contributed by atoms with Crippen molar-refractivity contribution < 1.29 is 9.53 Å². The lowest BCUT2D eigenvalue weighted by atomic mass is 10.0. The minimum Gasteiger partial charge on any atom is -0.483 e. The number of para-hydroxylation sites is 2. The van der Waals surface area contributed by atoms with Crippen molar-refractivity contribution in [2.45, 2.75) is 26.3 Å². The van der Waals surface area contributed by atoms with E-state index >= 15 is 0 Å². The molecule has 130 valence electrons. The third-order valence-electron chi connectivity index (χ3n) is 4.03. The van der Waals surface area contributed by atoms with Crippen LogP contribution in [0.15, 0.2) is 48.5 Å². The van der Waals surface area contributed by atoms with Crippen molar-refractivity contribution >= 4 is 27.5 Å². The van der Waals surface area contributed by atoms with Crippen LogP contribution in [0.2, 0.25) is 0 Å². The van der Waals surface area contributed by atoms with E-state index in [1.807, 2.05) is 48.5 Å². The van der Waals surface area contributed by atoms with E-state index in [2.05, 4.69) is 18.8 Å². The topological polar surface area (TPSA) is 42.4 Å². The SMILES string of the molecule is CC(C)c1ccccc1OCC(=O)N(C)Cc1nc2ccccc2s1. The van der Waals surface area contributed by atoms with Crippen LogP contribution in [-0.2, 0) is 11.3 Å². The number of hydrogen-bond acceptors (Lipinski definition) is 4. The molecule has 2 aromatic carbocycles. The van der Waals surface area contributed by atoms with E-state index in [9.17, 15) is 4.79 Å². The normalized spacial score (nSPS) is 11.0. The highest BCUT2D eigenvalue weighted by molar-refractivity contribution is 7.18. The van der Waals surface area contributed by atoms with Gasteiger partial charge in [0.15, 0.2) is 6.61 Å². The Morgan fingerprint density at radius 1 is 1.16 bits per heavy atom. The Bertz CT molecular complexity index is 840. The number of amides is 1. The highest BCUT2D eigenvalue weighted by Gasteiger charge is 2.14. The van der Waals surface area contributed by atoms with Gasteiger partial charge in [0.1, 0.15) is 10.8 Å². The molecule has 1 heterocycles. The first-order valence-electron chi connectivity index (χ1n) is 8.34. The summed E-state index contributed by atoms with van der Waals surface area (Å²) in [5.74, 6) is 1.07. The summed E-state index contributed by atoms with van der Waals surface area (Å²) in [6.07, 6.45) is 0. The molecule has 0 N–H and O–H groups in total. The fraction of sp³-hybridized carbons (Fsp3) is 0.300. The summed E-state index contributed by atoms with van der Waals surface area (Å²) in [5.41, 5.74) is 2.09. The zero-order valence-corrected chi connectivity index (χ0v) is 15.5. The first-order valence-corrected chi connectivity index (χ1v) is 9.16. The van der Waals surface area contributed by atoms with E-state index in [1.165, 1.54) is 0 Å². The molecule has 0 radical (unpaired) electrons. The van der Waals surface area contributed by atoms with Gasteiger partial charge in [0.2, 0.25) is 0 Å². The average molecular weight is 354 g/mol. The highest BCUT2D eigenvalue weighted by atomic mass is 32.1. The molecule has 0 bridgehead atoms. The molecule has 3 rings (SSSR count). The molecule has 0 atom stereocenters. The molecule has 1 amide bonds. The first-order chi connectivity index (χ1) is 12.0. The Balaban J connectivity index is 1.61. The van der Waals surface area contributed by atoms with Gasteiger partial charge in [-0.1, -0.05) is 44.2 Å². The van der Waals surface area contributed by atoms with Gasteiger partial charge in [-0.15, -0.1) is 11.3 Å². The molecule has 0 saturated heterocycles. The van der Waals surface area contributed by atoms with E-state index in [-0.39, 0.29) is 12.5 Å². The standard InChI is InChI=1S/C20H22N2O2S/c1-14(2)15-8-4-6-10-17(15)24-13-20(23)22(3)12-19-21-16-9-5-7-11-18(16)25-19/h4-11,14H,12-13H2,1-3H3. The van der Waals surface area contributed by atoms with Gasteiger partial charge in [0.05, 0.1) is 16.8 Å². The van der Waals surface area contributed by atoms with Crippen molar-refractivity contribution in [3.05, 3.63) is 59.1 Å². The van der Waals surface area contributed by atoms with E-state index in [1.54, 1.807) is 23.3 Å². The molecule has 0 aliphatic rings.